The van der Waals surface area contributed by atoms with E-state index in [0.29, 0.717) is 18.2 Å². The molecule has 4 nitrogen and oxygen atoms in total. The summed E-state index contributed by atoms with van der Waals surface area (Å²) < 4.78 is 8.98. The fourth-order valence-corrected chi connectivity index (χ4v) is 9.26. The zero-order valence-corrected chi connectivity index (χ0v) is 27.7. The van der Waals surface area contributed by atoms with Gasteiger partial charge < -0.3 is 4.42 Å². The molecule has 2 unspecified atom stereocenters. The van der Waals surface area contributed by atoms with Crippen LogP contribution in [0.25, 0.3) is 33.3 Å². The van der Waals surface area contributed by atoms with Crippen molar-refractivity contribution >= 4 is 41.0 Å². The van der Waals surface area contributed by atoms with Crippen LogP contribution in [0.5, 0.6) is 0 Å². The van der Waals surface area contributed by atoms with Crippen molar-refractivity contribution in [2.75, 3.05) is 6.54 Å². The fraction of sp³-hybridized carbons (Fsp3) is 0.308. The first-order valence-corrected chi connectivity index (χ1v) is 19.5. The largest absolute Gasteiger partial charge is 0.437 e. The Labute approximate surface area is 261 Å². The molecule has 222 valence electrons. The van der Waals surface area contributed by atoms with Crippen LogP contribution in [0, 0.1) is 5.92 Å². The van der Waals surface area contributed by atoms with Crippen LogP contribution in [0.15, 0.2) is 101 Å². The zero-order valence-electron chi connectivity index (χ0n) is 26.7. The molecule has 2 aliphatic heterocycles. The molecule has 7 rings (SSSR count). The van der Waals surface area contributed by atoms with E-state index < -0.39 is 8.07 Å². The average Bonchev–Trinajstić information content (AvgIpc) is 3.38. The van der Waals surface area contributed by atoms with Gasteiger partial charge in [-0.3, -0.25) is 4.99 Å². The van der Waals surface area contributed by atoms with Crippen molar-refractivity contribution in [2.45, 2.75) is 64.7 Å². The van der Waals surface area contributed by atoms with Gasteiger partial charge in [-0.1, -0.05) is 77.0 Å². The number of hydrogen-bond acceptors (Lipinski definition) is 3. The van der Waals surface area contributed by atoms with Crippen LogP contribution in [-0.2, 0) is 12.8 Å². The van der Waals surface area contributed by atoms with E-state index in [1.165, 1.54) is 27.9 Å². The average molecular weight is 597 g/mol. The van der Waals surface area contributed by atoms with Gasteiger partial charge >= 0.3 is 0 Å². The van der Waals surface area contributed by atoms with E-state index in [1.54, 1.807) is 11.4 Å². The smallest absolute Gasteiger partial charge is 0.227 e. The number of fused-ring (bicyclic) bond motifs is 11. The first kappa shape index (κ1) is 28.7. The molecule has 0 bridgehead atoms. The highest BCUT2D eigenvalue weighted by Gasteiger charge is 2.43. The maximum atomic E-state index is 6.41. The number of furan rings is 1. The standard InChI is InChI=1S/C39H42N3OSi/c1-8-33-36-26(16-18-31-32-14-11-19-40-39(32)43-38(31)36)15-17-30-28-12-9-10-13-29(28)34-21-27(20-24(2)3)35(44(5,6)7)23-42(34)37(30)25(4)22-41-33/h8-14,16,18-19,21,23-24,30,37H,1,4,15,17,20,22H2,2-3,5-7H3/q+1. The van der Waals surface area contributed by atoms with E-state index >= 15 is 0 Å². The van der Waals surface area contributed by atoms with Gasteiger partial charge in [-0.25, -0.2) is 4.98 Å². The molecular weight excluding hydrogens is 555 g/mol. The Kier molecular flexibility index (Phi) is 7.04. The highest BCUT2D eigenvalue weighted by Crippen LogP contribution is 2.44. The van der Waals surface area contributed by atoms with Crippen LogP contribution in [0.2, 0.25) is 19.6 Å². The quantitative estimate of drug-likeness (QED) is 0.119. The van der Waals surface area contributed by atoms with E-state index in [1.807, 2.05) is 12.1 Å². The molecule has 0 saturated carbocycles. The van der Waals surface area contributed by atoms with Gasteiger partial charge in [0.25, 0.3) is 0 Å². The highest BCUT2D eigenvalue weighted by atomic mass is 28.3. The molecule has 0 fully saturated rings. The SMILES string of the molecule is C=CC1=NCC(=C)C2C(CCc3ccc4c(oc5ncccc54)c31)c1ccccc1-c1cc(CC(C)C)c([Si](C)(C)C)c[n+]12. The third-order valence-electron chi connectivity index (χ3n) is 9.51. The number of nitrogens with zero attached hydrogens (tertiary/aromatic N) is 3. The van der Waals surface area contributed by atoms with Crippen molar-refractivity contribution < 1.29 is 8.98 Å². The molecule has 5 aromatic rings. The number of allylic oxidation sites excluding steroid dienone is 1. The Morgan fingerprint density at radius 2 is 1.89 bits per heavy atom. The van der Waals surface area contributed by atoms with Gasteiger partial charge in [0, 0.05) is 44.9 Å². The van der Waals surface area contributed by atoms with Crippen molar-refractivity contribution in [3.05, 3.63) is 114 Å². The third-order valence-corrected chi connectivity index (χ3v) is 11.6. The molecule has 3 aromatic heterocycles. The fourth-order valence-electron chi connectivity index (χ4n) is 7.59. The van der Waals surface area contributed by atoms with Crippen molar-refractivity contribution in [1.82, 2.24) is 4.98 Å². The minimum absolute atomic E-state index is 0.124. The van der Waals surface area contributed by atoms with E-state index in [2.05, 4.69) is 104 Å². The predicted octanol–water partition coefficient (Wildman–Crippen LogP) is 8.50. The van der Waals surface area contributed by atoms with Crippen molar-refractivity contribution in [3.63, 3.8) is 0 Å². The first-order valence-electron chi connectivity index (χ1n) is 16.0. The molecule has 0 aliphatic carbocycles. The lowest BCUT2D eigenvalue weighted by Crippen LogP contribution is -2.54. The van der Waals surface area contributed by atoms with Crippen LogP contribution in [-0.4, -0.2) is 25.3 Å². The maximum Gasteiger partial charge on any atom is 0.227 e. The monoisotopic (exact) mass is 596 g/mol. The zero-order chi connectivity index (χ0) is 30.7. The molecule has 2 aliphatic rings. The van der Waals surface area contributed by atoms with Crippen LogP contribution in [0.1, 0.15) is 54.5 Å². The molecule has 2 atom stereocenters. The first-order chi connectivity index (χ1) is 21.2. The summed E-state index contributed by atoms with van der Waals surface area (Å²) in [6.07, 6.45) is 9.16. The van der Waals surface area contributed by atoms with Crippen LogP contribution < -0.4 is 9.75 Å². The van der Waals surface area contributed by atoms with Gasteiger partial charge in [0.15, 0.2) is 12.2 Å². The Balaban J connectivity index is 1.43. The van der Waals surface area contributed by atoms with E-state index in [9.17, 15) is 0 Å². The van der Waals surface area contributed by atoms with Gasteiger partial charge in [-0.15, -0.1) is 0 Å². The predicted molar refractivity (Wildman–Crippen MR) is 186 cm³/mol. The number of aromatic nitrogens is 2. The summed E-state index contributed by atoms with van der Waals surface area (Å²) in [5.74, 6) is 0.882. The molecule has 5 heteroatoms. The molecule has 0 spiro atoms. The highest BCUT2D eigenvalue weighted by molar-refractivity contribution is 6.89. The van der Waals surface area contributed by atoms with Gasteiger partial charge in [0.2, 0.25) is 11.4 Å². The lowest BCUT2D eigenvalue weighted by atomic mass is 9.76. The maximum absolute atomic E-state index is 6.41. The second kappa shape index (κ2) is 10.8. The van der Waals surface area contributed by atoms with Gasteiger partial charge in [0.05, 0.1) is 26.2 Å². The molecule has 2 aromatic carbocycles. The minimum atomic E-state index is -1.63. The number of pyridine rings is 2. The molecular formula is C39H42N3OSi+. The number of aliphatic imine (C=N–C) groups is 1. The lowest BCUT2D eigenvalue weighted by Gasteiger charge is -2.34. The summed E-state index contributed by atoms with van der Waals surface area (Å²) in [6.45, 7) is 21.6. The lowest BCUT2D eigenvalue weighted by molar-refractivity contribution is -0.708. The molecule has 0 amide bonds. The van der Waals surface area contributed by atoms with Crippen molar-refractivity contribution in [2.24, 2.45) is 10.9 Å². The van der Waals surface area contributed by atoms with Gasteiger partial charge in [-0.2, -0.15) is 4.57 Å². The van der Waals surface area contributed by atoms with Crippen LogP contribution in [0.3, 0.4) is 0 Å². The van der Waals surface area contributed by atoms with Gasteiger partial charge in [0.1, 0.15) is 5.58 Å². The molecule has 44 heavy (non-hydrogen) atoms. The molecule has 0 saturated heterocycles. The summed E-state index contributed by atoms with van der Waals surface area (Å²) in [5.41, 5.74) is 11.4. The summed E-state index contributed by atoms with van der Waals surface area (Å²) in [7, 11) is -1.63. The normalized spacial score (nSPS) is 18.4. The number of hydrogen-bond donors (Lipinski definition) is 0. The van der Waals surface area contributed by atoms with Crippen LogP contribution >= 0.6 is 0 Å². The van der Waals surface area contributed by atoms with E-state index in [0.717, 1.165) is 52.5 Å². The van der Waals surface area contributed by atoms with Crippen molar-refractivity contribution in [3.8, 4) is 11.3 Å². The van der Waals surface area contributed by atoms with Crippen LogP contribution in [0.4, 0.5) is 0 Å². The Morgan fingerprint density at radius 1 is 1.07 bits per heavy atom. The Bertz CT molecular complexity index is 1990. The summed E-state index contributed by atoms with van der Waals surface area (Å²) in [5, 5.41) is 3.65. The number of benzene rings is 2. The number of aryl methyl sites for hydroxylation is 1. The molecule has 5 heterocycles. The Morgan fingerprint density at radius 3 is 2.66 bits per heavy atom. The molecule has 0 N–H and O–H groups in total. The summed E-state index contributed by atoms with van der Waals surface area (Å²) in [4.78, 5) is 9.71. The van der Waals surface area contributed by atoms with E-state index in [4.69, 9.17) is 16.0 Å². The number of rotatable bonds is 4. The minimum Gasteiger partial charge on any atom is -0.437 e. The third kappa shape index (κ3) is 4.69. The second-order valence-corrected chi connectivity index (χ2v) is 19.1. The Hall–Kier alpha value is -4.09. The topological polar surface area (TPSA) is 42.3 Å². The van der Waals surface area contributed by atoms with Gasteiger partial charge in [-0.05, 0) is 66.1 Å². The summed E-state index contributed by atoms with van der Waals surface area (Å²) in [6, 6.07) is 20.2. The summed E-state index contributed by atoms with van der Waals surface area (Å²) >= 11 is 0. The van der Waals surface area contributed by atoms with Crippen molar-refractivity contribution in [1.29, 1.82) is 0 Å². The van der Waals surface area contributed by atoms with E-state index in [-0.39, 0.29) is 12.0 Å². The molecule has 0 radical (unpaired) electrons. The second-order valence-electron chi connectivity index (χ2n) is 14.0.